The number of alkyl halides is 1. The second kappa shape index (κ2) is 12.2. The van der Waals surface area contributed by atoms with Crippen molar-refractivity contribution >= 4 is 28.6 Å². The van der Waals surface area contributed by atoms with Gasteiger partial charge in [-0.2, -0.15) is 0 Å². The highest BCUT2D eigenvalue weighted by atomic mass is 19.1. The summed E-state index contributed by atoms with van der Waals surface area (Å²) in [7, 11) is 0. The van der Waals surface area contributed by atoms with Gasteiger partial charge in [-0.3, -0.25) is 18.5 Å². The molecule has 0 radical (unpaired) electrons. The molecule has 238 valence electrons. The summed E-state index contributed by atoms with van der Waals surface area (Å²) >= 11 is 0. The lowest BCUT2D eigenvalue weighted by molar-refractivity contribution is -0.143. The number of benzene rings is 1. The minimum absolute atomic E-state index is 0.0505. The van der Waals surface area contributed by atoms with Crippen molar-refractivity contribution in [2.75, 3.05) is 13.2 Å². The van der Waals surface area contributed by atoms with Crippen LogP contribution in [0.25, 0.3) is 10.9 Å². The fraction of sp³-hybridized carbons (Fsp3) is 0.703. The number of hydrogen-bond donors (Lipinski definition) is 0. The van der Waals surface area contributed by atoms with E-state index in [1.54, 1.807) is 0 Å². The van der Waals surface area contributed by atoms with Gasteiger partial charge in [0.2, 0.25) is 5.91 Å². The van der Waals surface area contributed by atoms with Crippen LogP contribution in [0.2, 0.25) is 0 Å². The summed E-state index contributed by atoms with van der Waals surface area (Å²) in [6, 6.07) is 7.75. The number of carbonyl (C=O) groups is 3. The number of fused-ring (bicyclic) bond motifs is 4. The number of halogens is 1. The van der Waals surface area contributed by atoms with E-state index in [4.69, 9.17) is 4.74 Å². The SMILES string of the molecule is C[C@H](CF)C1CCC(C(=O)N2CC[C@@H](C3CCCCC3)[C@H]2C(=O)Cc2ccc3c(c2)cc2n3C3(CCCCC3)OC2=O)CC1. The van der Waals surface area contributed by atoms with Crippen LogP contribution in [0.4, 0.5) is 4.39 Å². The fourth-order valence-corrected chi connectivity index (χ4v) is 9.80. The van der Waals surface area contributed by atoms with Gasteiger partial charge in [0.25, 0.3) is 0 Å². The summed E-state index contributed by atoms with van der Waals surface area (Å²) in [6.07, 6.45) is 15.6. The van der Waals surface area contributed by atoms with Gasteiger partial charge in [-0.05, 0) is 92.4 Å². The summed E-state index contributed by atoms with van der Waals surface area (Å²) in [4.78, 5) is 43.2. The summed E-state index contributed by atoms with van der Waals surface area (Å²) in [5.41, 5.74) is 2.00. The molecule has 7 heteroatoms. The van der Waals surface area contributed by atoms with Gasteiger partial charge in [-0.15, -0.1) is 0 Å². The van der Waals surface area contributed by atoms with E-state index in [0.29, 0.717) is 30.5 Å². The van der Waals surface area contributed by atoms with Gasteiger partial charge in [-0.25, -0.2) is 4.79 Å². The van der Waals surface area contributed by atoms with Crippen LogP contribution in [0.1, 0.15) is 119 Å². The van der Waals surface area contributed by atoms with Crippen LogP contribution in [-0.4, -0.2) is 46.4 Å². The van der Waals surface area contributed by atoms with Crippen LogP contribution in [0.15, 0.2) is 24.3 Å². The Balaban J connectivity index is 1.12. The van der Waals surface area contributed by atoms with E-state index in [1.165, 1.54) is 25.7 Å². The van der Waals surface area contributed by atoms with Gasteiger partial charge in [0, 0.05) is 37.1 Å². The number of Topliss-reactive ketones (excluding diaryl/α,β-unsaturated/α-hetero) is 1. The normalized spacial score (nSPS) is 29.6. The molecular weight excluding hydrogens is 555 g/mol. The van der Waals surface area contributed by atoms with Crippen LogP contribution in [0, 0.1) is 29.6 Å². The van der Waals surface area contributed by atoms with Gasteiger partial charge < -0.3 is 9.64 Å². The number of amides is 1. The first kappa shape index (κ1) is 30.0. The number of ether oxygens (including phenoxy) is 1. The van der Waals surface area contributed by atoms with Gasteiger partial charge in [0.1, 0.15) is 5.69 Å². The summed E-state index contributed by atoms with van der Waals surface area (Å²) in [5.74, 6) is 1.17. The molecule has 1 amide bonds. The molecule has 44 heavy (non-hydrogen) atoms. The molecule has 0 unspecified atom stereocenters. The summed E-state index contributed by atoms with van der Waals surface area (Å²) in [6.45, 7) is 2.36. The third-order valence-electron chi connectivity index (χ3n) is 12.3. The average Bonchev–Trinajstić information content (AvgIpc) is 3.74. The molecule has 0 N–H and O–H groups in total. The lowest BCUT2D eigenvalue weighted by atomic mass is 9.74. The average molecular weight is 605 g/mol. The topological polar surface area (TPSA) is 68.6 Å². The third-order valence-corrected chi connectivity index (χ3v) is 12.3. The Hall–Kier alpha value is -2.70. The Kier molecular flexibility index (Phi) is 8.34. The molecule has 1 saturated heterocycles. The molecule has 1 aromatic carbocycles. The molecule has 0 bridgehead atoms. The molecule has 2 aliphatic heterocycles. The van der Waals surface area contributed by atoms with Crippen molar-refractivity contribution < 1.29 is 23.5 Å². The number of nitrogens with zero attached hydrogens (tertiary/aromatic N) is 2. The van der Waals surface area contributed by atoms with Crippen LogP contribution in [0.3, 0.4) is 0 Å². The van der Waals surface area contributed by atoms with E-state index in [0.717, 1.165) is 87.1 Å². The Morgan fingerprint density at radius 3 is 2.41 bits per heavy atom. The van der Waals surface area contributed by atoms with Crippen molar-refractivity contribution in [3.8, 4) is 0 Å². The molecule has 3 atom stereocenters. The van der Waals surface area contributed by atoms with Crippen molar-refractivity contribution in [3.05, 3.63) is 35.5 Å². The Labute approximate surface area is 261 Å². The maximum atomic E-state index is 14.3. The van der Waals surface area contributed by atoms with Gasteiger partial charge in [0.15, 0.2) is 11.5 Å². The first-order chi connectivity index (χ1) is 21.4. The Morgan fingerprint density at radius 1 is 0.955 bits per heavy atom. The minimum atomic E-state index is -0.565. The highest BCUT2D eigenvalue weighted by molar-refractivity contribution is 5.99. The van der Waals surface area contributed by atoms with Crippen molar-refractivity contribution in [2.45, 2.75) is 121 Å². The summed E-state index contributed by atoms with van der Waals surface area (Å²) < 4.78 is 21.4. The zero-order valence-electron chi connectivity index (χ0n) is 26.4. The first-order valence-electron chi connectivity index (χ1n) is 17.7. The highest BCUT2D eigenvalue weighted by Crippen LogP contribution is 2.45. The van der Waals surface area contributed by atoms with E-state index >= 15 is 0 Å². The number of rotatable bonds is 7. The summed E-state index contributed by atoms with van der Waals surface area (Å²) in [5, 5.41) is 0.981. The Morgan fingerprint density at radius 2 is 1.68 bits per heavy atom. The maximum absolute atomic E-state index is 14.3. The van der Waals surface area contributed by atoms with E-state index in [-0.39, 0.29) is 48.1 Å². The standard InChI is InChI=1S/C37H49FN2O4/c1-24(23-38)26-11-13-28(14-12-26)35(42)39-19-16-30(27-8-4-2-5-9-27)34(39)33(41)21-25-10-15-31-29(20-25)22-32-36(43)44-37(40(31)32)17-6-3-7-18-37/h10,15,20,22,24,26-28,30,34H,2-9,11-14,16-19,21,23H2,1H3/t24-,26?,28?,30+,34+/m1/s1. The second-order valence-electron chi connectivity index (χ2n) is 14.9. The van der Waals surface area contributed by atoms with E-state index in [9.17, 15) is 18.8 Å². The lowest BCUT2D eigenvalue weighted by Crippen LogP contribution is -2.48. The van der Waals surface area contributed by atoms with Gasteiger partial charge in [0.05, 0.1) is 18.2 Å². The number of esters is 1. The molecule has 3 saturated carbocycles. The van der Waals surface area contributed by atoms with E-state index < -0.39 is 5.72 Å². The molecule has 4 fully saturated rings. The molecule has 1 aromatic heterocycles. The zero-order valence-corrected chi connectivity index (χ0v) is 26.4. The molecular formula is C37H49FN2O4. The minimum Gasteiger partial charge on any atom is -0.434 e. The van der Waals surface area contributed by atoms with Gasteiger partial charge in [-0.1, -0.05) is 51.5 Å². The number of ketones is 1. The lowest BCUT2D eigenvalue weighted by Gasteiger charge is -2.37. The van der Waals surface area contributed by atoms with E-state index in [1.807, 2.05) is 24.0 Å². The van der Waals surface area contributed by atoms with Crippen molar-refractivity contribution in [1.82, 2.24) is 9.47 Å². The third kappa shape index (κ3) is 5.30. The van der Waals surface area contributed by atoms with Crippen LogP contribution >= 0.6 is 0 Å². The quantitative estimate of drug-likeness (QED) is 0.303. The first-order valence-corrected chi connectivity index (χ1v) is 17.7. The van der Waals surface area contributed by atoms with E-state index in [2.05, 4.69) is 16.7 Å². The molecule has 5 aliphatic rings. The number of carbonyl (C=O) groups excluding carboxylic acids is 3. The molecule has 3 heterocycles. The predicted octanol–water partition coefficient (Wildman–Crippen LogP) is 7.75. The number of likely N-dealkylation sites (tertiary alicyclic amines) is 1. The Bertz CT molecular complexity index is 1400. The van der Waals surface area contributed by atoms with Crippen molar-refractivity contribution in [1.29, 1.82) is 0 Å². The predicted molar refractivity (Wildman–Crippen MR) is 168 cm³/mol. The molecule has 1 spiro atoms. The van der Waals surface area contributed by atoms with Crippen LogP contribution < -0.4 is 0 Å². The number of hydrogen-bond acceptors (Lipinski definition) is 4. The zero-order chi connectivity index (χ0) is 30.4. The molecule has 7 rings (SSSR count). The molecule has 2 aromatic rings. The maximum Gasteiger partial charge on any atom is 0.357 e. The largest absolute Gasteiger partial charge is 0.434 e. The van der Waals surface area contributed by atoms with Crippen LogP contribution in [-0.2, 0) is 26.5 Å². The van der Waals surface area contributed by atoms with Crippen molar-refractivity contribution in [2.24, 2.45) is 29.6 Å². The fourth-order valence-electron chi connectivity index (χ4n) is 9.80. The molecule has 3 aliphatic carbocycles. The second-order valence-corrected chi connectivity index (χ2v) is 14.9. The smallest absolute Gasteiger partial charge is 0.357 e. The highest BCUT2D eigenvalue weighted by Gasteiger charge is 2.48. The number of aromatic nitrogens is 1. The van der Waals surface area contributed by atoms with Gasteiger partial charge >= 0.3 is 5.97 Å². The van der Waals surface area contributed by atoms with Crippen molar-refractivity contribution in [3.63, 3.8) is 0 Å². The van der Waals surface area contributed by atoms with Crippen LogP contribution in [0.5, 0.6) is 0 Å². The molecule has 6 nitrogen and oxygen atoms in total. The monoisotopic (exact) mass is 604 g/mol.